The lowest BCUT2D eigenvalue weighted by atomic mass is 9.99. The molecule has 0 bridgehead atoms. The van der Waals surface area contributed by atoms with Crippen molar-refractivity contribution in [3.8, 4) is 11.1 Å². The van der Waals surface area contributed by atoms with Gasteiger partial charge in [-0.05, 0) is 47.4 Å². The zero-order valence-corrected chi connectivity index (χ0v) is 12.5. The van der Waals surface area contributed by atoms with Gasteiger partial charge >= 0.3 is 0 Å². The number of hydrazone groups is 1. The molecule has 0 fully saturated rings. The van der Waals surface area contributed by atoms with E-state index in [4.69, 9.17) is 0 Å². The van der Waals surface area contributed by atoms with Gasteiger partial charge in [-0.15, -0.1) is 0 Å². The van der Waals surface area contributed by atoms with Gasteiger partial charge in [-0.25, -0.2) is 0 Å². The number of nitrogens with zero attached hydrogens (tertiary/aromatic N) is 1. The van der Waals surface area contributed by atoms with E-state index in [1.807, 2.05) is 36.5 Å². The van der Waals surface area contributed by atoms with Crippen LogP contribution >= 0.6 is 0 Å². The Kier molecular flexibility index (Phi) is 4.30. The number of para-hydroxylation sites is 1. The fraction of sp³-hybridized carbons (Fsp3) is 0.0500. The molecule has 2 heteroatoms. The van der Waals surface area contributed by atoms with Crippen LogP contribution in [-0.4, -0.2) is 6.21 Å². The monoisotopic (exact) mass is 286 g/mol. The predicted molar refractivity (Wildman–Crippen MR) is 94.3 cm³/mol. The zero-order valence-electron chi connectivity index (χ0n) is 12.5. The Morgan fingerprint density at radius 3 is 2.41 bits per heavy atom. The smallest absolute Gasteiger partial charge is 0.0561 e. The third-order valence-corrected chi connectivity index (χ3v) is 3.52. The lowest BCUT2D eigenvalue weighted by Crippen LogP contribution is -1.91. The van der Waals surface area contributed by atoms with Gasteiger partial charge in [0, 0.05) is 0 Å². The molecule has 0 radical (unpaired) electrons. The minimum atomic E-state index is 0.980. The van der Waals surface area contributed by atoms with Crippen LogP contribution in [-0.2, 0) is 0 Å². The number of hydrogen-bond donors (Lipinski definition) is 1. The second-order valence-electron chi connectivity index (χ2n) is 5.18. The number of nitrogens with one attached hydrogen (secondary N) is 1. The van der Waals surface area contributed by atoms with E-state index in [-0.39, 0.29) is 0 Å². The first-order valence-corrected chi connectivity index (χ1v) is 7.33. The summed E-state index contributed by atoms with van der Waals surface area (Å²) in [5, 5.41) is 4.29. The van der Waals surface area contributed by atoms with Gasteiger partial charge in [0.05, 0.1) is 11.9 Å². The minimum absolute atomic E-state index is 0.980. The fourth-order valence-electron chi connectivity index (χ4n) is 2.38. The number of anilines is 1. The van der Waals surface area contributed by atoms with E-state index in [9.17, 15) is 0 Å². The van der Waals surface area contributed by atoms with E-state index in [0.29, 0.717) is 0 Å². The Morgan fingerprint density at radius 1 is 0.818 bits per heavy atom. The summed E-state index contributed by atoms with van der Waals surface area (Å²) in [6.07, 6.45) is 1.84. The largest absolute Gasteiger partial charge is 0.279 e. The standard InChI is InChI=1S/C20H18N2/c1-16-8-5-6-13-20(16)18-10-7-9-17(14-18)15-21-22-19-11-3-2-4-12-19/h2-15,22H,1H3. The van der Waals surface area contributed by atoms with Gasteiger partial charge in [-0.3, -0.25) is 5.43 Å². The van der Waals surface area contributed by atoms with Crippen LogP contribution in [0.1, 0.15) is 11.1 Å². The molecule has 0 amide bonds. The van der Waals surface area contributed by atoms with Gasteiger partial charge in [0.15, 0.2) is 0 Å². The topological polar surface area (TPSA) is 24.4 Å². The third kappa shape index (κ3) is 3.41. The average Bonchev–Trinajstić information content (AvgIpc) is 2.57. The normalized spacial score (nSPS) is 10.8. The third-order valence-electron chi connectivity index (χ3n) is 3.52. The van der Waals surface area contributed by atoms with E-state index in [1.165, 1.54) is 16.7 Å². The molecule has 0 heterocycles. The first-order chi connectivity index (χ1) is 10.8. The maximum atomic E-state index is 4.29. The van der Waals surface area contributed by atoms with Crippen molar-refractivity contribution in [2.24, 2.45) is 5.10 Å². The van der Waals surface area contributed by atoms with Crippen molar-refractivity contribution in [1.29, 1.82) is 0 Å². The molecule has 2 nitrogen and oxygen atoms in total. The van der Waals surface area contributed by atoms with Gasteiger partial charge in [0.2, 0.25) is 0 Å². The fourth-order valence-corrected chi connectivity index (χ4v) is 2.38. The summed E-state index contributed by atoms with van der Waals surface area (Å²) >= 11 is 0. The summed E-state index contributed by atoms with van der Waals surface area (Å²) in [6.45, 7) is 2.13. The summed E-state index contributed by atoms with van der Waals surface area (Å²) < 4.78 is 0. The van der Waals surface area contributed by atoms with Crippen LogP contribution < -0.4 is 5.43 Å². The van der Waals surface area contributed by atoms with Crippen LogP contribution in [0, 0.1) is 6.92 Å². The molecule has 0 saturated carbocycles. The van der Waals surface area contributed by atoms with Crippen molar-refractivity contribution >= 4 is 11.9 Å². The highest BCUT2D eigenvalue weighted by molar-refractivity contribution is 5.83. The summed E-state index contributed by atoms with van der Waals surface area (Å²) in [6, 6.07) is 26.7. The Bertz CT molecular complexity index is 776. The molecule has 0 aliphatic heterocycles. The molecule has 22 heavy (non-hydrogen) atoms. The highest BCUT2D eigenvalue weighted by Gasteiger charge is 2.01. The maximum Gasteiger partial charge on any atom is 0.0561 e. The molecular formula is C20H18N2. The van der Waals surface area contributed by atoms with Crippen molar-refractivity contribution in [1.82, 2.24) is 0 Å². The lowest BCUT2D eigenvalue weighted by Gasteiger charge is -2.06. The number of rotatable bonds is 4. The maximum absolute atomic E-state index is 4.29. The molecule has 0 unspecified atom stereocenters. The van der Waals surface area contributed by atoms with E-state index < -0.39 is 0 Å². The molecule has 1 N–H and O–H groups in total. The van der Waals surface area contributed by atoms with Gasteiger partial charge < -0.3 is 0 Å². The summed E-state index contributed by atoms with van der Waals surface area (Å²) in [4.78, 5) is 0. The number of benzene rings is 3. The van der Waals surface area contributed by atoms with Gasteiger partial charge in [-0.1, -0.05) is 60.7 Å². The van der Waals surface area contributed by atoms with Crippen LogP contribution in [0.3, 0.4) is 0 Å². The van der Waals surface area contributed by atoms with Crippen LogP contribution in [0.4, 0.5) is 5.69 Å². The minimum Gasteiger partial charge on any atom is -0.279 e. The Hall–Kier alpha value is -2.87. The number of aryl methyl sites for hydroxylation is 1. The number of hydrogen-bond acceptors (Lipinski definition) is 2. The molecular weight excluding hydrogens is 268 g/mol. The summed E-state index contributed by atoms with van der Waals surface area (Å²) in [7, 11) is 0. The predicted octanol–water partition coefficient (Wildman–Crippen LogP) is 5.11. The Balaban J connectivity index is 1.78. The quantitative estimate of drug-likeness (QED) is 0.523. The molecule has 3 rings (SSSR count). The Labute approximate surface area is 131 Å². The summed E-state index contributed by atoms with van der Waals surface area (Å²) in [5.74, 6) is 0. The van der Waals surface area contributed by atoms with Crippen molar-refractivity contribution < 1.29 is 0 Å². The SMILES string of the molecule is Cc1ccccc1-c1cccc(C=NNc2ccccc2)c1. The molecule has 0 saturated heterocycles. The molecule has 0 spiro atoms. The van der Waals surface area contributed by atoms with Crippen LogP contribution in [0.5, 0.6) is 0 Å². The zero-order chi connectivity index (χ0) is 15.2. The lowest BCUT2D eigenvalue weighted by molar-refractivity contribution is 1.35. The second-order valence-corrected chi connectivity index (χ2v) is 5.18. The molecule has 0 aromatic heterocycles. The Morgan fingerprint density at radius 2 is 1.59 bits per heavy atom. The van der Waals surface area contributed by atoms with Crippen molar-refractivity contribution in [2.75, 3.05) is 5.43 Å². The van der Waals surface area contributed by atoms with Crippen LogP contribution in [0.2, 0.25) is 0 Å². The second kappa shape index (κ2) is 6.72. The highest BCUT2D eigenvalue weighted by atomic mass is 15.3. The molecule has 3 aromatic rings. The van der Waals surface area contributed by atoms with Crippen molar-refractivity contribution in [2.45, 2.75) is 6.92 Å². The van der Waals surface area contributed by atoms with Crippen LogP contribution in [0.25, 0.3) is 11.1 Å². The van der Waals surface area contributed by atoms with Gasteiger partial charge in [-0.2, -0.15) is 5.10 Å². The van der Waals surface area contributed by atoms with Gasteiger partial charge in [0.1, 0.15) is 0 Å². The highest BCUT2D eigenvalue weighted by Crippen LogP contribution is 2.23. The first kappa shape index (κ1) is 14.1. The van der Waals surface area contributed by atoms with E-state index in [0.717, 1.165) is 11.3 Å². The molecule has 0 atom stereocenters. The van der Waals surface area contributed by atoms with Crippen LogP contribution in [0.15, 0.2) is 84.0 Å². The van der Waals surface area contributed by atoms with E-state index in [2.05, 4.69) is 66.0 Å². The van der Waals surface area contributed by atoms with Crippen molar-refractivity contribution in [3.05, 3.63) is 90.0 Å². The average molecular weight is 286 g/mol. The molecule has 108 valence electrons. The van der Waals surface area contributed by atoms with E-state index in [1.54, 1.807) is 0 Å². The molecule has 0 aliphatic carbocycles. The van der Waals surface area contributed by atoms with E-state index >= 15 is 0 Å². The molecule has 3 aromatic carbocycles. The molecule has 0 aliphatic rings. The summed E-state index contributed by atoms with van der Waals surface area (Å²) in [5.41, 5.74) is 8.83. The van der Waals surface area contributed by atoms with Gasteiger partial charge in [0.25, 0.3) is 0 Å². The van der Waals surface area contributed by atoms with Crippen molar-refractivity contribution in [3.63, 3.8) is 0 Å². The first-order valence-electron chi connectivity index (χ1n) is 7.33.